The summed E-state index contributed by atoms with van der Waals surface area (Å²) in [4.78, 5) is 12.0. The number of carbonyl (C=O) groups excluding carboxylic acids is 1. The molecule has 0 spiro atoms. The van der Waals surface area contributed by atoms with Gasteiger partial charge in [0.25, 0.3) is 0 Å². The lowest BCUT2D eigenvalue weighted by Crippen LogP contribution is -2.15. The van der Waals surface area contributed by atoms with Gasteiger partial charge in [-0.25, -0.2) is 0 Å². The van der Waals surface area contributed by atoms with Crippen LogP contribution in [0.15, 0.2) is 41.5 Å². The van der Waals surface area contributed by atoms with Crippen molar-refractivity contribution in [1.29, 1.82) is 0 Å². The number of thioether (sulfide) groups is 1. The van der Waals surface area contributed by atoms with E-state index in [1.54, 1.807) is 17.7 Å². The molecule has 0 aliphatic carbocycles. The largest absolute Gasteiger partial charge is 0.484 e. The molecule has 0 saturated heterocycles. The number of carbonyl (C=O) groups is 1. The fourth-order valence-electron chi connectivity index (χ4n) is 2.22. The first-order valence-corrected chi connectivity index (χ1v) is 10.4. The van der Waals surface area contributed by atoms with Gasteiger partial charge in [0, 0.05) is 6.54 Å². The molecule has 1 amide bonds. The number of nitrogens with zero attached hydrogens (tertiary/aromatic N) is 5. The molecule has 3 rings (SSSR count). The topological polar surface area (TPSA) is 94.8 Å². The maximum absolute atomic E-state index is 12.0. The predicted molar refractivity (Wildman–Crippen MR) is 110 cm³/mol. The van der Waals surface area contributed by atoms with Crippen molar-refractivity contribution in [3.05, 3.63) is 52.8 Å². The highest BCUT2D eigenvalue weighted by molar-refractivity contribution is 7.99. The van der Waals surface area contributed by atoms with Crippen molar-refractivity contribution < 1.29 is 9.53 Å². The maximum Gasteiger partial charge on any atom is 0.236 e. The third-order valence-corrected chi connectivity index (χ3v) is 5.37. The molecule has 1 N–H and O–H groups in total. The summed E-state index contributed by atoms with van der Waals surface area (Å²) >= 11 is 8.70. The molecule has 0 bridgehead atoms. The van der Waals surface area contributed by atoms with Crippen LogP contribution in [0.25, 0.3) is 0 Å². The van der Waals surface area contributed by atoms with Crippen LogP contribution in [0.5, 0.6) is 5.75 Å². The van der Waals surface area contributed by atoms with E-state index in [4.69, 9.17) is 16.3 Å². The molecular formula is C17H17ClN6O2S2. The summed E-state index contributed by atoms with van der Waals surface area (Å²) in [5, 5.41) is 20.1. The second-order valence-electron chi connectivity index (χ2n) is 5.60. The third-order valence-electron chi connectivity index (χ3n) is 3.49. The van der Waals surface area contributed by atoms with Crippen LogP contribution in [0.4, 0.5) is 5.13 Å². The van der Waals surface area contributed by atoms with Crippen LogP contribution in [0.3, 0.4) is 0 Å². The second-order valence-corrected chi connectivity index (χ2v) is 7.78. The van der Waals surface area contributed by atoms with Gasteiger partial charge in [-0.15, -0.1) is 27.0 Å². The van der Waals surface area contributed by atoms with Crippen molar-refractivity contribution in [1.82, 2.24) is 25.0 Å². The second kappa shape index (κ2) is 9.67. The first kappa shape index (κ1) is 20.3. The van der Waals surface area contributed by atoms with Gasteiger partial charge in [-0.1, -0.05) is 46.8 Å². The summed E-state index contributed by atoms with van der Waals surface area (Å²) in [5.41, 5.74) is 2.60. The summed E-state index contributed by atoms with van der Waals surface area (Å²) < 4.78 is 7.65. The lowest BCUT2D eigenvalue weighted by Gasteiger charge is -2.10. The Bertz CT molecular complexity index is 961. The minimum atomic E-state index is -0.195. The highest BCUT2D eigenvalue weighted by Crippen LogP contribution is 2.26. The molecule has 0 unspecified atom stereocenters. The van der Waals surface area contributed by atoms with E-state index in [-0.39, 0.29) is 18.3 Å². The van der Waals surface area contributed by atoms with Crippen molar-refractivity contribution in [2.24, 2.45) is 0 Å². The average molecular weight is 437 g/mol. The Balaban J connectivity index is 1.64. The monoisotopic (exact) mass is 436 g/mol. The minimum Gasteiger partial charge on any atom is -0.484 e. The van der Waals surface area contributed by atoms with Gasteiger partial charge >= 0.3 is 0 Å². The number of ether oxygens (including phenoxy) is 1. The Morgan fingerprint density at radius 1 is 1.43 bits per heavy atom. The van der Waals surface area contributed by atoms with E-state index in [0.29, 0.717) is 33.4 Å². The first-order chi connectivity index (χ1) is 13.6. The van der Waals surface area contributed by atoms with Gasteiger partial charge in [0.2, 0.25) is 11.0 Å². The number of hydrogen-bond acceptors (Lipinski definition) is 8. The van der Waals surface area contributed by atoms with Crippen LogP contribution in [-0.2, 0) is 17.9 Å². The number of halogens is 1. The van der Waals surface area contributed by atoms with Crippen molar-refractivity contribution in [3.63, 3.8) is 0 Å². The zero-order valence-corrected chi connectivity index (χ0v) is 17.4. The van der Waals surface area contributed by atoms with Crippen LogP contribution in [0.2, 0.25) is 5.02 Å². The standard InChI is InChI=1S/C17H17ClN6O2S2/c1-3-6-24-14(8-26-13-7-11(2)4-5-12(13)18)21-23-17(24)27-9-15(25)20-16-22-19-10-28-16/h3-5,7,10H,1,6,8-9H2,2H3,(H,20,22,25). The van der Waals surface area contributed by atoms with Crippen LogP contribution >= 0.6 is 34.7 Å². The minimum absolute atomic E-state index is 0.166. The summed E-state index contributed by atoms with van der Waals surface area (Å²) in [6, 6.07) is 5.57. The summed E-state index contributed by atoms with van der Waals surface area (Å²) in [5.74, 6) is 1.17. The predicted octanol–water partition coefficient (Wildman–Crippen LogP) is 3.59. The molecule has 1 aromatic carbocycles. The molecule has 2 heterocycles. The fourth-order valence-corrected chi connectivity index (χ4v) is 3.62. The molecule has 0 aliphatic heterocycles. The van der Waals surface area contributed by atoms with E-state index in [1.165, 1.54) is 23.1 Å². The van der Waals surface area contributed by atoms with Gasteiger partial charge in [0.1, 0.15) is 17.9 Å². The Morgan fingerprint density at radius 3 is 3.04 bits per heavy atom. The van der Waals surface area contributed by atoms with Gasteiger partial charge < -0.3 is 4.74 Å². The molecule has 28 heavy (non-hydrogen) atoms. The molecule has 3 aromatic rings. The molecule has 0 atom stereocenters. The van der Waals surface area contributed by atoms with Gasteiger partial charge in [0.15, 0.2) is 11.0 Å². The number of hydrogen-bond donors (Lipinski definition) is 1. The number of benzene rings is 1. The van der Waals surface area contributed by atoms with Crippen molar-refractivity contribution in [3.8, 4) is 5.75 Å². The van der Waals surface area contributed by atoms with Crippen LogP contribution in [0.1, 0.15) is 11.4 Å². The number of anilines is 1. The van der Waals surface area contributed by atoms with Gasteiger partial charge in [-0.05, 0) is 24.6 Å². The van der Waals surface area contributed by atoms with E-state index in [9.17, 15) is 4.79 Å². The van der Waals surface area contributed by atoms with E-state index >= 15 is 0 Å². The van der Waals surface area contributed by atoms with E-state index < -0.39 is 0 Å². The highest BCUT2D eigenvalue weighted by Gasteiger charge is 2.15. The number of allylic oxidation sites excluding steroid dienone is 1. The molecule has 2 aromatic heterocycles. The van der Waals surface area contributed by atoms with Gasteiger partial charge in [-0.2, -0.15) is 0 Å². The van der Waals surface area contributed by atoms with Crippen molar-refractivity contribution >= 4 is 45.7 Å². The van der Waals surface area contributed by atoms with Gasteiger partial charge in [0.05, 0.1) is 10.8 Å². The smallest absolute Gasteiger partial charge is 0.236 e. The van der Waals surface area contributed by atoms with Crippen molar-refractivity contribution in [2.45, 2.75) is 25.2 Å². The lowest BCUT2D eigenvalue weighted by molar-refractivity contribution is -0.113. The van der Waals surface area contributed by atoms with E-state index in [0.717, 1.165) is 5.56 Å². The van der Waals surface area contributed by atoms with Crippen LogP contribution in [0, 0.1) is 6.92 Å². The molecule has 0 aliphatic rings. The molecular weight excluding hydrogens is 420 g/mol. The van der Waals surface area contributed by atoms with Crippen molar-refractivity contribution in [2.75, 3.05) is 11.1 Å². The quantitative estimate of drug-likeness (QED) is 0.404. The summed E-state index contributed by atoms with van der Waals surface area (Å²) in [6.45, 7) is 6.42. The SMILES string of the molecule is C=CCn1c(COc2cc(C)ccc2Cl)nnc1SCC(=O)Nc1nncs1. The normalized spacial score (nSPS) is 10.6. The maximum atomic E-state index is 12.0. The molecule has 11 heteroatoms. The van der Waals surface area contributed by atoms with E-state index in [1.807, 2.05) is 23.6 Å². The Morgan fingerprint density at radius 2 is 2.29 bits per heavy atom. The van der Waals surface area contributed by atoms with Gasteiger partial charge in [-0.3, -0.25) is 14.7 Å². The number of rotatable bonds is 9. The third kappa shape index (κ3) is 5.31. The van der Waals surface area contributed by atoms with Crippen LogP contribution < -0.4 is 10.1 Å². The Hall–Kier alpha value is -2.43. The lowest BCUT2D eigenvalue weighted by atomic mass is 10.2. The molecule has 0 saturated carbocycles. The Labute approximate surface area is 175 Å². The highest BCUT2D eigenvalue weighted by atomic mass is 35.5. The zero-order valence-electron chi connectivity index (χ0n) is 15.0. The molecule has 146 valence electrons. The first-order valence-electron chi connectivity index (χ1n) is 8.17. The zero-order chi connectivity index (χ0) is 19.9. The average Bonchev–Trinajstić information content (AvgIpc) is 3.31. The number of aryl methyl sites for hydroxylation is 1. The number of amides is 1. The number of nitrogens with one attached hydrogen (secondary N) is 1. The number of aromatic nitrogens is 5. The fraction of sp³-hybridized carbons (Fsp3) is 0.235. The summed E-state index contributed by atoms with van der Waals surface area (Å²) in [7, 11) is 0. The molecule has 0 radical (unpaired) electrons. The van der Waals surface area contributed by atoms with E-state index in [2.05, 4.69) is 32.3 Å². The Kier molecular flexibility index (Phi) is 7.01. The molecule has 8 nitrogen and oxygen atoms in total. The molecule has 0 fully saturated rings. The summed E-state index contributed by atoms with van der Waals surface area (Å²) in [6.07, 6.45) is 1.73. The van der Waals surface area contributed by atoms with Crippen LogP contribution in [-0.4, -0.2) is 36.6 Å².